The monoisotopic (exact) mass is 358 g/mol. The Bertz CT molecular complexity index is 805. The molecule has 26 heavy (non-hydrogen) atoms. The van der Waals surface area contributed by atoms with Gasteiger partial charge < -0.3 is 20.9 Å². The highest BCUT2D eigenvalue weighted by Gasteiger charge is 2.42. The number of carbonyl (C=O) groups excluding carboxylic acids is 1. The number of halogens is 1. The molecule has 1 heterocycles. The molecule has 4 N–H and O–H groups in total. The topological polar surface area (TPSA) is 84.6 Å². The molecule has 0 fully saturated rings. The van der Waals surface area contributed by atoms with E-state index in [1.807, 2.05) is 13.8 Å². The molecule has 5 nitrogen and oxygen atoms in total. The van der Waals surface area contributed by atoms with E-state index in [1.165, 1.54) is 12.1 Å². The van der Waals surface area contributed by atoms with Crippen molar-refractivity contribution in [2.24, 2.45) is 5.73 Å². The maximum Gasteiger partial charge on any atom is 0.248 e. The first kappa shape index (κ1) is 18.4. The number of rotatable bonds is 5. The summed E-state index contributed by atoms with van der Waals surface area (Å²) in [5, 5.41) is 14.1. The summed E-state index contributed by atoms with van der Waals surface area (Å²) in [6, 6.07) is 10.9. The van der Waals surface area contributed by atoms with Crippen molar-refractivity contribution in [3.8, 4) is 5.75 Å². The van der Waals surface area contributed by atoms with Crippen molar-refractivity contribution in [1.82, 2.24) is 5.32 Å². The van der Waals surface area contributed by atoms with Gasteiger partial charge in [-0.15, -0.1) is 0 Å². The van der Waals surface area contributed by atoms with E-state index in [4.69, 9.17) is 10.5 Å². The third-order valence-electron chi connectivity index (χ3n) is 4.72. The number of ether oxygens (including phenoxy) is 1. The third-order valence-corrected chi connectivity index (χ3v) is 4.72. The fraction of sp³-hybridized carbons (Fsp3) is 0.350. The van der Waals surface area contributed by atoms with Crippen molar-refractivity contribution in [1.29, 1.82) is 0 Å². The number of fused-ring (bicyclic) bond motifs is 1. The first-order valence-electron chi connectivity index (χ1n) is 8.56. The second-order valence-electron chi connectivity index (χ2n) is 7.08. The summed E-state index contributed by atoms with van der Waals surface area (Å²) >= 11 is 0. The van der Waals surface area contributed by atoms with Crippen molar-refractivity contribution >= 4 is 5.91 Å². The molecule has 2 aromatic rings. The average molecular weight is 358 g/mol. The van der Waals surface area contributed by atoms with Crippen molar-refractivity contribution < 1.29 is 19.0 Å². The lowest BCUT2D eigenvalue weighted by Crippen LogP contribution is -2.52. The number of hydrogen-bond donors (Lipinski definition) is 3. The van der Waals surface area contributed by atoms with Crippen LogP contribution in [0.4, 0.5) is 4.39 Å². The predicted molar refractivity (Wildman–Crippen MR) is 96.5 cm³/mol. The van der Waals surface area contributed by atoms with Gasteiger partial charge in [0, 0.05) is 11.1 Å². The molecule has 2 aromatic carbocycles. The van der Waals surface area contributed by atoms with Gasteiger partial charge >= 0.3 is 0 Å². The standard InChI is InChI=1S/C20H23FN2O3/c1-20(2)18(24)17(23-10-9-12-3-6-14(21)7-4-12)15-11-13(19(22)25)5-8-16(15)26-20/h3-8,11,17-18,23-24H,9-10H2,1-2H3,(H2,22,25)/t17-,18?/m0/s1. The summed E-state index contributed by atoms with van der Waals surface area (Å²) in [5.41, 5.74) is 6.65. The Hall–Kier alpha value is -2.44. The van der Waals surface area contributed by atoms with E-state index in [1.54, 1.807) is 30.3 Å². The molecule has 1 aliphatic rings. The normalized spacial score (nSPS) is 20.9. The summed E-state index contributed by atoms with van der Waals surface area (Å²) in [6.45, 7) is 4.21. The number of nitrogens with one attached hydrogen (secondary N) is 1. The quantitative estimate of drug-likeness (QED) is 0.766. The van der Waals surface area contributed by atoms with E-state index >= 15 is 0 Å². The number of nitrogens with two attached hydrogens (primary N) is 1. The smallest absolute Gasteiger partial charge is 0.248 e. The van der Waals surface area contributed by atoms with Gasteiger partial charge in [0.2, 0.25) is 5.91 Å². The van der Waals surface area contributed by atoms with Crippen LogP contribution in [0.2, 0.25) is 0 Å². The number of aliphatic hydroxyl groups excluding tert-OH is 1. The average Bonchev–Trinajstić information content (AvgIpc) is 2.59. The van der Waals surface area contributed by atoms with Gasteiger partial charge in [0.15, 0.2) is 0 Å². The second-order valence-corrected chi connectivity index (χ2v) is 7.08. The fourth-order valence-electron chi connectivity index (χ4n) is 3.20. The van der Waals surface area contributed by atoms with Crippen LogP contribution in [0, 0.1) is 5.82 Å². The minimum absolute atomic E-state index is 0.267. The maximum absolute atomic E-state index is 13.0. The second kappa shape index (κ2) is 7.05. The van der Waals surface area contributed by atoms with Gasteiger partial charge in [-0.05, 0) is 62.7 Å². The van der Waals surface area contributed by atoms with Crippen LogP contribution in [0.3, 0.4) is 0 Å². The van der Waals surface area contributed by atoms with Crippen LogP contribution in [-0.4, -0.2) is 29.3 Å². The van der Waals surface area contributed by atoms with Crippen molar-refractivity contribution in [2.45, 2.75) is 38.0 Å². The van der Waals surface area contributed by atoms with Gasteiger partial charge in [-0.25, -0.2) is 4.39 Å². The summed E-state index contributed by atoms with van der Waals surface area (Å²) in [6.07, 6.45) is -0.137. The number of primary amides is 1. The van der Waals surface area contributed by atoms with E-state index in [-0.39, 0.29) is 5.82 Å². The van der Waals surface area contributed by atoms with Gasteiger partial charge in [0.05, 0.1) is 6.04 Å². The van der Waals surface area contributed by atoms with Crippen molar-refractivity contribution in [3.05, 3.63) is 65.0 Å². The number of benzene rings is 2. The summed E-state index contributed by atoms with van der Waals surface area (Å²) in [4.78, 5) is 11.5. The minimum atomic E-state index is -0.814. The third kappa shape index (κ3) is 3.71. The Labute approximate surface area is 152 Å². The number of hydrogen-bond acceptors (Lipinski definition) is 4. The molecule has 2 atom stereocenters. The highest BCUT2D eigenvalue weighted by atomic mass is 19.1. The Morgan fingerprint density at radius 3 is 2.62 bits per heavy atom. The molecule has 6 heteroatoms. The molecular weight excluding hydrogens is 335 g/mol. The lowest BCUT2D eigenvalue weighted by molar-refractivity contribution is -0.0644. The molecule has 1 unspecified atom stereocenters. The number of amides is 1. The van der Waals surface area contributed by atoms with Crippen LogP contribution >= 0.6 is 0 Å². The van der Waals surface area contributed by atoms with Crippen molar-refractivity contribution in [3.63, 3.8) is 0 Å². The molecule has 138 valence electrons. The van der Waals surface area contributed by atoms with E-state index in [0.29, 0.717) is 29.8 Å². The van der Waals surface area contributed by atoms with E-state index in [0.717, 1.165) is 5.56 Å². The van der Waals surface area contributed by atoms with Crippen LogP contribution in [-0.2, 0) is 6.42 Å². The van der Waals surface area contributed by atoms with Gasteiger partial charge in [-0.3, -0.25) is 4.79 Å². The van der Waals surface area contributed by atoms with Crippen LogP contribution in [0.25, 0.3) is 0 Å². The lowest BCUT2D eigenvalue weighted by atomic mass is 9.85. The zero-order valence-electron chi connectivity index (χ0n) is 14.8. The Balaban J connectivity index is 1.81. The first-order chi connectivity index (χ1) is 12.3. The van der Waals surface area contributed by atoms with E-state index in [9.17, 15) is 14.3 Å². The zero-order valence-corrected chi connectivity index (χ0v) is 14.8. The lowest BCUT2D eigenvalue weighted by Gasteiger charge is -2.42. The molecule has 1 aliphatic heterocycles. The first-order valence-corrected chi connectivity index (χ1v) is 8.56. The summed E-state index contributed by atoms with van der Waals surface area (Å²) in [5.74, 6) is -0.182. The molecule has 0 aliphatic carbocycles. The number of aliphatic hydroxyl groups is 1. The minimum Gasteiger partial charge on any atom is -0.485 e. The van der Waals surface area contributed by atoms with Gasteiger partial charge in [-0.2, -0.15) is 0 Å². The highest BCUT2D eigenvalue weighted by Crippen LogP contribution is 2.40. The molecule has 0 saturated carbocycles. The molecule has 0 spiro atoms. The summed E-state index contributed by atoms with van der Waals surface area (Å²) < 4.78 is 18.9. The van der Waals surface area contributed by atoms with Crippen LogP contribution in [0.1, 0.15) is 41.4 Å². The zero-order chi connectivity index (χ0) is 18.9. The predicted octanol–water partition coefficient (Wildman–Crippen LogP) is 2.33. The van der Waals surface area contributed by atoms with Crippen molar-refractivity contribution in [2.75, 3.05) is 6.54 Å². The molecule has 0 radical (unpaired) electrons. The Morgan fingerprint density at radius 1 is 1.27 bits per heavy atom. The van der Waals surface area contributed by atoms with Gasteiger partial charge in [-0.1, -0.05) is 12.1 Å². The van der Waals surface area contributed by atoms with E-state index in [2.05, 4.69) is 5.32 Å². The van der Waals surface area contributed by atoms with E-state index < -0.39 is 23.7 Å². The van der Waals surface area contributed by atoms with Crippen LogP contribution < -0.4 is 15.8 Å². The molecular formula is C20H23FN2O3. The Morgan fingerprint density at radius 2 is 1.96 bits per heavy atom. The molecule has 3 rings (SSSR count). The largest absolute Gasteiger partial charge is 0.485 e. The molecule has 0 aromatic heterocycles. The molecule has 0 saturated heterocycles. The summed E-state index contributed by atoms with van der Waals surface area (Å²) in [7, 11) is 0. The SMILES string of the molecule is CC1(C)Oc2ccc(C(N)=O)cc2[C@H](NCCc2ccc(F)cc2)C1O. The Kier molecular flexibility index (Phi) is 4.98. The van der Waals surface area contributed by atoms with Gasteiger partial charge in [0.1, 0.15) is 23.3 Å². The number of carbonyl (C=O) groups is 1. The fourth-order valence-corrected chi connectivity index (χ4v) is 3.20. The van der Waals surface area contributed by atoms with Crippen LogP contribution in [0.5, 0.6) is 5.75 Å². The van der Waals surface area contributed by atoms with Gasteiger partial charge in [0.25, 0.3) is 0 Å². The van der Waals surface area contributed by atoms with Crippen LogP contribution in [0.15, 0.2) is 42.5 Å². The highest BCUT2D eigenvalue weighted by molar-refractivity contribution is 5.93. The molecule has 0 bridgehead atoms. The molecule has 1 amide bonds. The maximum atomic E-state index is 13.0.